The maximum atomic E-state index is 11.0. The third-order valence-corrected chi connectivity index (χ3v) is 2.72. The predicted molar refractivity (Wildman–Crippen MR) is 73.5 cm³/mol. The van der Waals surface area contributed by atoms with Crippen molar-refractivity contribution >= 4 is 12.0 Å². The molecule has 1 aromatic carbocycles. The predicted octanol–water partition coefficient (Wildman–Crippen LogP) is 2.68. The van der Waals surface area contributed by atoms with Gasteiger partial charge in [0.15, 0.2) is 0 Å². The highest BCUT2D eigenvalue weighted by Gasteiger charge is 2.09. The molecular formula is C15H20O4. The zero-order chi connectivity index (χ0) is 14.1. The number of aliphatic carboxylic acids is 1. The molecule has 4 nitrogen and oxygen atoms in total. The second kappa shape index (κ2) is 8.32. The van der Waals surface area contributed by atoms with Gasteiger partial charge in [0.2, 0.25) is 5.76 Å². The number of aliphatic hydroxyl groups is 1. The number of benzene rings is 1. The zero-order valence-corrected chi connectivity index (χ0v) is 11.1. The molecular weight excluding hydrogens is 244 g/mol. The number of carboxylic acid groups (broad SMARTS) is 1. The van der Waals surface area contributed by atoms with Crippen molar-refractivity contribution in [3.8, 4) is 0 Å². The van der Waals surface area contributed by atoms with Crippen LogP contribution in [0.2, 0.25) is 0 Å². The molecule has 19 heavy (non-hydrogen) atoms. The Morgan fingerprint density at radius 1 is 1.37 bits per heavy atom. The van der Waals surface area contributed by atoms with Crippen molar-refractivity contribution in [3.63, 3.8) is 0 Å². The zero-order valence-electron chi connectivity index (χ0n) is 11.1. The molecule has 0 saturated carbocycles. The Hall–Kier alpha value is -1.81. The largest absolute Gasteiger partial charge is 0.487 e. The summed E-state index contributed by atoms with van der Waals surface area (Å²) in [6.07, 6.45) is 3.11. The Bertz CT molecular complexity index is 411. The lowest BCUT2D eigenvalue weighted by molar-refractivity contribution is -0.136. The molecule has 0 aliphatic heterocycles. The molecule has 0 saturated heterocycles. The summed E-state index contributed by atoms with van der Waals surface area (Å²) in [5.74, 6) is -1.16. The molecule has 0 bridgehead atoms. The Labute approximate surface area is 113 Å². The maximum absolute atomic E-state index is 11.0. The minimum Gasteiger partial charge on any atom is -0.487 e. The number of ether oxygens (including phenoxy) is 1. The maximum Gasteiger partial charge on any atom is 0.371 e. The van der Waals surface area contributed by atoms with E-state index in [4.69, 9.17) is 9.84 Å². The number of carboxylic acids is 1. The van der Waals surface area contributed by atoms with Crippen molar-refractivity contribution in [3.05, 3.63) is 41.7 Å². The van der Waals surface area contributed by atoms with Crippen molar-refractivity contribution in [2.24, 2.45) is 0 Å². The Balaban J connectivity index is 2.50. The Kier molecular flexibility index (Phi) is 6.68. The first-order valence-electron chi connectivity index (χ1n) is 6.44. The van der Waals surface area contributed by atoms with E-state index < -0.39 is 5.97 Å². The van der Waals surface area contributed by atoms with Gasteiger partial charge < -0.3 is 14.9 Å². The number of hydrogen-bond donors (Lipinski definition) is 2. The average Bonchev–Trinajstić information content (AvgIpc) is 2.42. The van der Waals surface area contributed by atoms with Crippen LogP contribution in [0.3, 0.4) is 0 Å². The number of aliphatic hydroxyl groups excluding tert-OH is 1. The van der Waals surface area contributed by atoms with E-state index in [2.05, 4.69) is 0 Å². The number of carbonyl (C=O) groups is 1. The van der Waals surface area contributed by atoms with Crippen LogP contribution in [0.4, 0.5) is 0 Å². The van der Waals surface area contributed by atoms with E-state index in [0.29, 0.717) is 25.9 Å². The van der Waals surface area contributed by atoms with Crippen molar-refractivity contribution in [2.75, 3.05) is 6.61 Å². The smallest absolute Gasteiger partial charge is 0.371 e. The molecule has 0 aliphatic carbocycles. The highest BCUT2D eigenvalue weighted by atomic mass is 16.5. The van der Waals surface area contributed by atoms with Crippen LogP contribution in [0.1, 0.15) is 31.7 Å². The second-order valence-corrected chi connectivity index (χ2v) is 4.28. The highest BCUT2D eigenvalue weighted by molar-refractivity contribution is 5.89. The van der Waals surface area contributed by atoms with Crippen LogP contribution >= 0.6 is 0 Å². The van der Waals surface area contributed by atoms with E-state index in [1.165, 1.54) is 6.08 Å². The normalized spacial score (nSPS) is 13.1. The topological polar surface area (TPSA) is 66.8 Å². The third kappa shape index (κ3) is 6.06. The van der Waals surface area contributed by atoms with Crippen LogP contribution < -0.4 is 0 Å². The molecule has 1 unspecified atom stereocenters. The van der Waals surface area contributed by atoms with Crippen molar-refractivity contribution in [1.82, 2.24) is 0 Å². The molecule has 0 aliphatic rings. The first kappa shape index (κ1) is 15.2. The molecule has 0 heterocycles. The van der Waals surface area contributed by atoms with Crippen LogP contribution in [-0.4, -0.2) is 28.9 Å². The summed E-state index contributed by atoms with van der Waals surface area (Å²) in [6.45, 7) is 2.20. The number of rotatable bonds is 8. The lowest BCUT2D eigenvalue weighted by atomic mass is 10.1. The van der Waals surface area contributed by atoms with Crippen LogP contribution in [0.15, 0.2) is 36.1 Å². The highest BCUT2D eigenvalue weighted by Crippen LogP contribution is 2.10. The Morgan fingerprint density at radius 3 is 2.63 bits per heavy atom. The van der Waals surface area contributed by atoms with Crippen molar-refractivity contribution in [2.45, 2.75) is 32.3 Å². The van der Waals surface area contributed by atoms with Gasteiger partial charge in [0, 0.05) is 0 Å². The van der Waals surface area contributed by atoms with Gasteiger partial charge in [0.1, 0.15) is 0 Å². The summed E-state index contributed by atoms with van der Waals surface area (Å²) in [7, 11) is 0. The van der Waals surface area contributed by atoms with Gasteiger partial charge in [-0.1, -0.05) is 37.3 Å². The molecule has 104 valence electrons. The van der Waals surface area contributed by atoms with Gasteiger partial charge in [-0.2, -0.15) is 0 Å². The summed E-state index contributed by atoms with van der Waals surface area (Å²) in [4.78, 5) is 11.0. The molecule has 4 heteroatoms. The Morgan fingerprint density at radius 2 is 2.05 bits per heavy atom. The van der Waals surface area contributed by atoms with Crippen molar-refractivity contribution < 1.29 is 19.7 Å². The summed E-state index contributed by atoms with van der Waals surface area (Å²) < 4.78 is 5.25. The fourth-order valence-corrected chi connectivity index (χ4v) is 1.57. The van der Waals surface area contributed by atoms with Crippen LogP contribution in [0.25, 0.3) is 6.08 Å². The van der Waals surface area contributed by atoms with Gasteiger partial charge in [-0.05, 0) is 30.9 Å². The van der Waals surface area contributed by atoms with Gasteiger partial charge in [-0.3, -0.25) is 0 Å². The number of hydrogen-bond acceptors (Lipinski definition) is 3. The third-order valence-electron chi connectivity index (χ3n) is 2.72. The quantitative estimate of drug-likeness (QED) is 0.430. The standard InChI is InChI=1S/C15H20O4/c1-2-13(16)9-6-10-19-14(15(17)18)11-12-7-4-3-5-8-12/h3-5,7-8,11,13,16H,2,6,9-10H2,1H3,(H,17,18). The average molecular weight is 264 g/mol. The molecule has 1 aromatic rings. The molecule has 0 radical (unpaired) electrons. The summed E-state index contributed by atoms with van der Waals surface area (Å²) >= 11 is 0. The first-order chi connectivity index (χ1) is 9.13. The molecule has 0 fully saturated rings. The van der Waals surface area contributed by atoms with Crippen LogP contribution in [0.5, 0.6) is 0 Å². The lowest BCUT2D eigenvalue weighted by Crippen LogP contribution is -2.09. The van der Waals surface area contributed by atoms with Gasteiger partial charge in [0.05, 0.1) is 12.7 Å². The van der Waals surface area contributed by atoms with Gasteiger partial charge in [-0.25, -0.2) is 4.79 Å². The van der Waals surface area contributed by atoms with Crippen LogP contribution in [0, 0.1) is 0 Å². The van der Waals surface area contributed by atoms with Crippen molar-refractivity contribution in [1.29, 1.82) is 0 Å². The molecule has 1 rings (SSSR count). The van der Waals surface area contributed by atoms with E-state index in [1.54, 1.807) is 0 Å². The molecule has 1 atom stereocenters. The van der Waals surface area contributed by atoms with E-state index in [9.17, 15) is 9.90 Å². The minimum absolute atomic E-state index is 0.0720. The van der Waals surface area contributed by atoms with E-state index in [1.807, 2.05) is 37.3 Å². The molecule has 0 amide bonds. The van der Waals surface area contributed by atoms with E-state index >= 15 is 0 Å². The van der Waals surface area contributed by atoms with Gasteiger partial charge >= 0.3 is 5.97 Å². The molecule has 0 spiro atoms. The summed E-state index contributed by atoms with van der Waals surface area (Å²) in [6, 6.07) is 9.16. The second-order valence-electron chi connectivity index (χ2n) is 4.28. The van der Waals surface area contributed by atoms with Gasteiger partial charge in [0.25, 0.3) is 0 Å². The first-order valence-corrected chi connectivity index (χ1v) is 6.44. The monoisotopic (exact) mass is 264 g/mol. The molecule has 2 N–H and O–H groups in total. The lowest BCUT2D eigenvalue weighted by Gasteiger charge is -2.09. The van der Waals surface area contributed by atoms with Gasteiger partial charge in [-0.15, -0.1) is 0 Å². The summed E-state index contributed by atoms with van der Waals surface area (Å²) in [5, 5.41) is 18.4. The summed E-state index contributed by atoms with van der Waals surface area (Å²) in [5.41, 5.74) is 0.786. The van der Waals surface area contributed by atoms with E-state index in [-0.39, 0.29) is 11.9 Å². The van der Waals surface area contributed by atoms with E-state index in [0.717, 1.165) is 5.56 Å². The SMILES string of the molecule is CCC(O)CCCOC(=Cc1ccccc1)C(=O)O. The fourth-order valence-electron chi connectivity index (χ4n) is 1.57. The molecule has 0 aromatic heterocycles. The fraction of sp³-hybridized carbons (Fsp3) is 0.400. The minimum atomic E-state index is -1.08. The van der Waals surface area contributed by atoms with Crippen LogP contribution in [-0.2, 0) is 9.53 Å².